The Morgan fingerprint density at radius 1 is 1.12 bits per heavy atom. The van der Waals surface area contributed by atoms with Crippen LogP contribution in [-0.4, -0.2) is 23.4 Å². The van der Waals surface area contributed by atoms with E-state index in [1.165, 1.54) is 32.1 Å². The average Bonchev–Trinajstić information content (AvgIpc) is 2.31. The number of hydrogen-bond donors (Lipinski definition) is 1. The summed E-state index contributed by atoms with van der Waals surface area (Å²) in [5.41, 5.74) is -0.208. The van der Waals surface area contributed by atoms with Gasteiger partial charge in [-0.15, -0.1) is 0 Å². The molecular weight excluding hydrogens is 200 g/mol. The summed E-state index contributed by atoms with van der Waals surface area (Å²) in [5.74, 6) is 0. The van der Waals surface area contributed by atoms with Crippen molar-refractivity contribution in [1.29, 1.82) is 0 Å². The molecule has 1 saturated carbocycles. The molecule has 0 spiro atoms. The van der Waals surface area contributed by atoms with E-state index >= 15 is 0 Å². The van der Waals surface area contributed by atoms with Crippen molar-refractivity contribution in [3.05, 3.63) is 0 Å². The highest BCUT2D eigenvalue weighted by molar-refractivity contribution is 4.91. The molecule has 0 aliphatic heterocycles. The molecule has 16 heavy (non-hydrogen) atoms. The molecule has 0 aromatic carbocycles. The maximum absolute atomic E-state index is 10.4. The molecule has 1 fully saturated rings. The Bertz CT molecular complexity index is 168. The molecule has 0 aromatic rings. The SMILES string of the molecule is CCCCCC(O)C1(OCC)CCCCC1. The summed E-state index contributed by atoms with van der Waals surface area (Å²) >= 11 is 0. The van der Waals surface area contributed by atoms with Crippen molar-refractivity contribution < 1.29 is 9.84 Å². The van der Waals surface area contributed by atoms with Crippen molar-refractivity contribution in [3.63, 3.8) is 0 Å². The zero-order valence-electron chi connectivity index (χ0n) is 11.0. The highest BCUT2D eigenvalue weighted by Crippen LogP contribution is 2.36. The van der Waals surface area contributed by atoms with Crippen molar-refractivity contribution in [2.75, 3.05) is 6.61 Å². The van der Waals surface area contributed by atoms with E-state index in [1.54, 1.807) is 0 Å². The Kier molecular flexibility index (Phi) is 6.37. The molecule has 0 radical (unpaired) electrons. The van der Waals surface area contributed by atoms with Crippen LogP contribution >= 0.6 is 0 Å². The molecule has 0 bridgehead atoms. The molecule has 2 nitrogen and oxygen atoms in total. The smallest absolute Gasteiger partial charge is 0.0939 e. The third-order valence-electron chi connectivity index (χ3n) is 3.82. The lowest BCUT2D eigenvalue weighted by molar-refractivity contribution is -0.141. The van der Waals surface area contributed by atoms with Crippen LogP contribution in [0.3, 0.4) is 0 Å². The fraction of sp³-hybridized carbons (Fsp3) is 1.00. The molecule has 2 heteroatoms. The standard InChI is InChI=1S/C14H28O2/c1-3-5-7-10-13(15)14(16-4-2)11-8-6-9-12-14/h13,15H,3-12H2,1-2H3. The fourth-order valence-electron chi connectivity index (χ4n) is 2.86. The molecule has 0 saturated heterocycles. The van der Waals surface area contributed by atoms with E-state index in [9.17, 15) is 5.11 Å². The van der Waals surface area contributed by atoms with Crippen LogP contribution in [-0.2, 0) is 4.74 Å². The summed E-state index contributed by atoms with van der Waals surface area (Å²) in [6.45, 7) is 4.96. The minimum absolute atomic E-state index is 0.208. The van der Waals surface area contributed by atoms with Crippen molar-refractivity contribution in [2.45, 2.75) is 83.3 Å². The maximum Gasteiger partial charge on any atom is 0.0939 e. The first-order valence-corrected chi connectivity index (χ1v) is 7.07. The fourth-order valence-corrected chi connectivity index (χ4v) is 2.86. The molecule has 1 atom stereocenters. The molecule has 0 heterocycles. The molecule has 96 valence electrons. The minimum Gasteiger partial charge on any atom is -0.390 e. The summed E-state index contributed by atoms with van der Waals surface area (Å²) in [4.78, 5) is 0. The van der Waals surface area contributed by atoms with Crippen LogP contribution in [0.1, 0.15) is 71.6 Å². The van der Waals surface area contributed by atoms with Crippen molar-refractivity contribution >= 4 is 0 Å². The quantitative estimate of drug-likeness (QED) is 0.674. The molecule has 1 rings (SSSR count). The molecule has 0 aromatic heterocycles. The summed E-state index contributed by atoms with van der Waals surface area (Å²) in [7, 11) is 0. The van der Waals surface area contributed by atoms with Crippen molar-refractivity contribution in [3.8, 4) is 0 Å². The van der Waals surface area contributed by atoms with Gasteiger partial charge in [0.25, 0.3) is 0 Å². The lowest BCUT2D eigenvalue weighted by atomic mass is 9.79. The summed E-state index contributed by atoms with van der Waals surface area (Å²) < 4.78 is 5.91. The van der Waals surface area contributed by atoms with E-state index in [0.717, 1.165) is 32.3 Å². The van der Waals surface area contributed by atoms with E-state index in [-0.39, 0.29) is 11.7 Å². The van der Waals surface area contributed by atoms with Crippen LogP contribution < -0.4 is 0 Å². The van der Waals surface area contributed by atoms with E-state index < -0.39 is 0 Å². The van der Waals surface area contributed by atoms with Crippen LogP contribution in [0.5, 0.6) is 0 Å². The summed E-state index contributed by atoms with van der Waals surface area (Å²) in [5, 5.41) is 10.4. The monoisotopic (exact) mass is 228 g/mol. The van der Waals surface area contributed by atoms with Crippen LogP contribution in [0.25, 0.3) is 0 Å². The van der Waals surface area contributed by atoms with Gasteiger partial charge in [-0.25, -0.2) is 0 Å². The van der Waals surface area contributed by atoms with Crippen molar-refractivity contribution in [1.82, 2.24) is 0 Å². The van der Waals surface area contributed by atoms with E-state index in [1.807, 2.05) is 6.92 Å². The Morgan fingerprint density at radius 3 is 2.38 bits per heavy atom. The first-order chi connectivity index (χ1) is 7.75. The Balaban J connectivity index is 2.46. The Labute approximate surface area is 100 Å². The molecule has 1 aliphatic rings. The summed E-state index contributed by atoms with van der Waals surface area (Å²) in [6, 6.07) is 0. The number of ether oxygens (including phenoxy) is 1. The lowest BCUT2D eigenvalue weighted by Crippen LogP contribution is -2.46. The highest BCUT2D eigenvalue weighted by Gasteiger charge is 2.39. The first kappa shape index (κ1) is 14.0. The van der Waals surface area contributed by atoms with Gasteiger partial charge in [-0.05, 0) is 26.2 Å². The number of hydrogen-bond acceptors (Lipinski definition) is 2. The predicted octanol–water partition coefficient (Wildman–Crippen LogP) is 3.67. The second-order valence-electron chi connectivity index (χ2n) is 5.07. The van der Waals surface area contributed by atoms with Gasteiger partial charge in [-0.3, -0.25) is 0 Å². The molecule has 1 N–H and O–H groups in total. The molecule has 1 unspecified atom stereocenters. The van der Waals surface area contributed by atoms with Gasteiger partial charge in [0.15, 0.2) is 0 Å². The largest absolute Gasteiger partial charge is 0.390 e. The first-order valence-electron chi connectivity index (χ1n) is 7.07. The van der Waals surface area contributed by atoms with Gasteiger partial charge in [0.05, 0.1) is 11.7 Å². The topological polar surface area (TPSA) is 29.5 Å². The Hall–Kier alpha value is -0.0800. The van der Waals surface area contributed by atoms with E-state index in [4.69, 9.17) is 4.74 Å². The van der Waals surface area contributed by atoms with Gasteiger partial charge >= 0.3 is 0 Å². The van der Waals surface area contributed by atoms with Gasteiger partial charge in [-0.2, -0.15) is 0 Å². The average molecular weight is 228 g/mol. The number of aliphatic hydroxyl groups is 1. The third kappa shape index (κ3) is 3.74. The van der Waals surface area contributed by atoms with Crippen LogP contribution in [0.4, 0.5) is 0 Å². The van der Waals surface area contributed by atoms with Crippen LogP contribution in [0, 0.1) is 0 Å². The normalized spacial score (nSPS) is 21.9. The van der Waals surface area contributed by atoms with Crippen LogP contribution in [0.2, 0.25) is 0 Å². The van der Waals surface area contributed by atoms with E-state index in [0.29, 0.717) is 0 Å². The third-order valence-corrected chi connectivity index (χ3v) is 3.82. The number of unbranched alkanes of at least 4 members (excludes halogenated alkanes) is 2. The second-order valence-corrected chi connectivity index (χ2v) is 5.07. The highest BCUT2D eigenvalue weighted by atomic mass is 16.5. The van der Waals surface area contributed by atoms with Gasteiger partial charge in [0, 0.05) is 6.61 Å². The predicted molar refractivity (Wildman–Crippen MR) is 67.6 cm³/mol. The molecule has 0 amide bonds. The molecular formula is C14H28O2. The van der Waals surface area contributed by atoms with Crippen molar-refractivity contribution in [2.24, 2.45) is 0 Å². The van der Waals surface area contributed by atoms with Gasteiger partial charge in [0.1, 0.15) is 0 Å². The zero-order valence-corrected chi connectivity index (χ0v) is 11.0. The van der Waals surface area contributed by atoms with Crippen LogP contribution in [0.15, 0.2) is 0 Å². The number of rotatable bonds is 7. The number of aliphatic hydroxyl groups excluding tert-OH is 1. The lowest BCUT2D eigenvalue weighted by Gasteiger charge is -2.41. The Morgan fingerprint density at radius 2 is 1.81 bits per heavy atom. The summed E-state index contributed by atoms with van der Waals surface area (Å²) in [6.07, 6.45) is 10.1. The maximum atomic E-state index is 10.4. The molecule has 1 aliphatic carbocycles. The van der Waals surface area contributed by atoms with Gasteiger partial charge in [0.2, 0.25) is 0 Å². The van der Waals surface area contributed by atoms with E-state index in [2.05, 4.69) is 6.92 Å². The van der Waals surface area contributed by atoms with Gasteiger partial charge in [-0.1, -0.05) is 45.4 Å². The second kappa shape index (κ2) is 7.29. The van der Waals surface area contributed by atoms with Gasteiger partial charge < -0.3 is 9.84 Å². The zero-order chi connectivity index (χ0) is 11.9. The minimum atomic E-state index is -0.251.